The highest BCUT2D eigenvalue weighted by Crippen LogP contribution is 2.26. The van der Waals surface area contributed by atoms with Gasteiger partial charge in [-0.1, -0.05) is 70.8 Å². The Bertz CT molecular complexity index is 5200. The second-order valence-electron chi connectivity index (χ2n) is 22.2. The summed E-state index contributed by atoms with van der Waals surface area (Å²) in [7, 11) is 7.56. The van der Waals surface area contributed by atoms with Crippen LogP contribution in [0.1, 0.15) is 62.6 Å². The van der Waals surface area contributed by atoms with Crippen LogP contribution in [0.5, 0.6) is 0 Å². The molecule has 107 heavy (non-hydrogen) atoms. The molecule has 0 aliphatic heterocycles. The van der Waals surface area contributed by atoms with Crippen molar-refractivity contribution in [3.63, 3.8) is 0 Å². The molecule has 0 aliphatic carbocycles. The van der Waals surface area contributed by atoms with Gasteiger partial charge in [0.05, 0.1) is 47.8 Å². The molecule has 0 spiro atoms. The third-order valence-electron chi connectivity index (χ3n) is 13.7. The van der Waals surface area contributed by atoms with E-state index in [1.54, 1.807) is 85.5 Å². The average Bonchev–Trinajstić information content (AvgIpc) is 0.818. The number of halogens is 10. The molecule has 6 aromatic carbocycles. The van der Waals surface area contributed by atoms with Gasteiger partial charge in [-0.15, -0.1) is 0 Å². The number of nitrogens with zero attached hydrogens (tertiary/aromatic N) is 14. The Balaban J connectivity index is 0.000000374. The van der Waals surface area contributed by atoms with Crippen molar-refractivity contribution in [2.24, 2.45) is 11.5 Å². The van der Waals surface area contributed by atoms with Crippen LogP contribution in [-0.2, 0) is 31.0 Å². The standard InChI is InChI=1S/C22H16F3N5O.C22H12F3N5O.C18H13F3N4O.C8H14N3.C2H4O2.3CH4.ClH/c2*23-17-7-16(8-18(24)21(17)25)19-4-5-20(31)30(29-19)12-13-2-1-3-15(6-13)22-27-10-14(9-26)11-28-22;19-13-7-12(8-14(20)17(13)21)15-4-5-16(26)25(24-15)9-10-2-1-3-11(6-10)18(22)23;1-10(2)6-8(5-9)7-11(3)4;1-2(3)4;;;;/h1-8,10-11H,9,12,26H2;1-8,10-11H,12H2;1-8H,9H2,(H3,22,23);6-7H,1-4H3;1H3,(H,3,4);3*1H4;1H/q;;;+1;;;;;/p-1. The lowest BCUT2D eigenvalue weighted by Crippen LogP contribution is -3.00. The molecule has 5 heterocycles. The Kier molecular flexibility index (Phi) is 33.9. The Morgan fingerprint density at radius 3 is 1.16 bits per heavy atom. The van der Waals surface area contributed by atoms with Gasteiger partial charge in [-0.25, -0.2) is 78.1 Å². The normalized spacial score (nSPS) is 10.2. The molecule has 0 bridgehead atoms. The molecular weight excluding hydrogens is 1430 g/mol. The molecular formula is C75H71ClF9N17O5. The van der Waals surface area contributed by atoms with Crippen molar-refractivity contribution in [2.45, 2.75) is 55.4 Å². The summed E-state index contributed by atoms with van der Waals surface area (Å²) < 4.78 is 126. The minimum atomic E-state index is -1.57. The Labute approximate surface area is 614 Å². The second kappa shape index (κ2) is 41.2. The fourth-order valence-electron chi connectivity index (χ4n) is 9.04. The summed E-state index contributed by atoms with van der Waals surface area (Å²) in [6.45, 7) is 1.59. The number of amidine groups is 1. The minimum absolute atomic E-state index is 0. The van der Waals surface area contributed by atoms with Gasteiger partial charge in [0.1, 0.15) is 31.8 Å². The number of nitriles is 2. The van der Waals surface area contributed by atoms with E-state index in [-0.39, 0.29) is 93.9 Å². The van der Waals surface area contributed by atoms with Gasteiger partial charge in [0.15, 0.2) is 70.2 Å². The minimum Gasteiger partial charge on any atom is -1.00 e. The topological polar surface area (TPSA) is 328 Å². The number of rotatable bonds is 15. The summed E-state index contributed by atoms with van der Waals surface area (Å²) >= 11 is 0. The SMILES string of the molecule is C.C.C.CC(=O)[O-].CN(C)/C=C(\C#N)C=[N+](C)C.N#Cc1cnc(-c2cccc(Cn3nc(-c4cc(F)c(F)c(F)c4)ccc3=O)c2)nc1.NC(=[NH2+])c1cccc(Cn2nc(-c3cc(F)c(F)c(F)c3)ccc2=O)c1.NCc1cnc(-c2cccc(Cn3nc(-c4cc(F)c(F)c(F)c4)ccc3=O)c2)nc1.[Cl-]. The Morgan fingerprint density at radius 1 is 0.533 bits per heavy atom. The van der Waals surface area contributed by atoms with Gasteiger partial charge in [-0.05, 0) is 102 Å². The summed E-state index contributed by atoms with van der Waals surface area (Å²) in [6.07, 6.45) is 9.66. The molecule has 6 N–H and O–H groups in total. The first-order valence-electron chi connectivity index (χ1n) is 30.1. The maximum Gasteiger partial charge on any atom is 0.270 e. The number of benzene rings is 6. The predicted molar refractivity (Wildman–Crippen MR) is 379 cm³/mol. The lowest BCUT2D eigenvalue weighted by Gasteiger charge is -2.09. The molecule has 0 saturated carbocycles. The zero-order valence-electron chi connectivity index (χ0n) is 55.5. The highest BCUT2D eigenvalue weighted by Gasteiger charge is 2.18. The van der Waals surface area contributed by atoms with Crippen LogP contribution < -0.4 is 51.1 Å². The molecule has 0 aliphatic rings. The van der Waals surface area contributed by atoms with Crippen molar-refractivity contribution < 1.29 is 71.8 Å². The van der Waals surface area contributed by atoms with Crippen molar-refractivity contribution in [1.82, 2.24) is 54.2 Å². The second-order valence-corrected chi connectivity index (χ2v) is 22.2. The number of aliphatic carboxylic acids is 1. The van der Waals surface area contributed by atoms with Crippen LogP contribution >= 0.6 is 0 Å². The van der Waals surface area contributed by atoms with Gasteiger partial charge in [0.2, 0.25) is 0 Å². The van der Waals surface area contributed by atoms with Crippen LogP contribution in [0.25, 0.3) is 56.5 Å². The van der Waals surface area contributed by atoms with E-state index in [0.717, 1.165) is 74.1 Å². The maximum absolute atomic E-state index is 13.6. The summed E-state index contributed by atoms with van der Waals surface area (Å²) in [4.78, 5) is 64.2. The van der Waals surface area contributed by atoms with E-state index in [2.05, 4.69) is 41.3 Å². The summed E-state index contributed by atoms with van der Waals surface area (Å²) in [6, 6.07) is 37.8. The number of allylic oxidation sites excluding steroid dienone is 1. The number of hydrogen-bond donors (Lipinski definition) is 3. The van der Waals surface area contributed by atoms with E-state index < -0.39 is 75.0 Å². The lowest BCUT2D eigenvalue weighted by atomic mass is 10.1. The number of hydrogen-bond acceptors (Lipinski definition) is 16. The highest BCUT2D eigenvalue weighted by atomic mass is 35.5. The highest BCUT2D eigenvalue weighted by molar-refractivity contribution is 5.92. The average molecular weight is 1500 g/mol. The molecule has 5 aromatic heterocycles. The van der Waals surface area contributed by atoms with Gasteiger partial charge in [-0.3, -0.25) is 25.5 Å². The van der Waals surface area contributed by atoms with Crippen molar-refractivity contribution >= 4 is 18.0 Å². The third kappa shape index (κ3) is 25.4. The van der Waals surface area contributed by atoms with E-state index in [1.807, 2.05) is 55.9 Å². The zero-order chi connectivity index (χ0) is 75.2. The van der Waals surface area contributed by atoms with Crippen molar-refractivity contribution in [2.75, 3.05) is 28.2 Å². The van der Waals surface area contributed by atoms with Crippen LogP contribution in [0.3, 0.4) is 0 Å². The van der Waals surface area contributed by atoms with E-state index in [4.69, 9.17) is 37.3 Å². The summed E-state index contributed by atoms with van der Waals surface area (Å²) in [5, 5.41) is 44.4. The molecule has 11 rings (SSSR count). The molecule has 0 saturated heterocycles. The largest absolute Gasteiger partial charge is 1.00 e. The fraction of sp³-hybridized carbons (Fsp3) is 0.160. The van der Waals surface area contributed by atoms with E-state index >= 15 is 0 Å². The zero-order valence-corrected chi connectivity index (χ0v) is 56.2. The van der Waals surface area contributed by atoms with Crippen LogP contribution in [0, 0.1) is 75.0 Å². The number of carbonyl (C=O) groups excluding carboxylic acids is 1. The van der Waals surface area contributed by atoms with Crippen LogP contribution in [0.15, 0.2) is 197 Å². The first-order valence-corrected chi connectivity index (χ1v) is 30.1. The molecule has 0 fully saturated rings. The number of carboxylic acids is 1. The smallest absolute Gasteiger partial charge is 0.270 e. The van der Waals surface area contributed by atoms with Crippen molar-refractivity contribution in [3.8, 4) is 68.7 Å². The third-order valence-corrected chi connectivity index (χ3v) is 13.7. The van der Waals surface area contributed by atoms with Gasteiger partial charge in [-0.2, -0.15) is 25.8 Å². The predicted octanol–water partition coefficient (Wildman–Crippen LogP) is 5.80. The van der Waals surface area contributed by atoms with Crippen LogP contribution in [0.4, 0.5) is 39.5 Å². The molecule has 0 radical (unpaired) electrons. The number of aromatic nitrogens is 10. The van der Waals surface area contributed by atoms with E-state index in [0.29, 0.717) is 51.6 Å². The molecule has 32 heteroatoms. The van der Waals surface area contributed by atoms with Crippen molar-refractivity contribution in [3.05, 3.63) is 299 Å². The monoisotopic (exact) mass is 1500 g/mol. The number of carboxylic acid groups (broad SMARTS) is 1. The number of nitrogens with two attached hydrogens (primary N) is 3. The van der Waals surface area contributed by atoms with Crippen LogP contribution in [0.2, 0.25) is 0 Å². The van der Waals surface area contributed by atoms with Gasteiger partial charge >= 0.3 is 0 Å². The molecule has 22 nitrogen and oxygen atoms in total. The quantitative estimate of drug-likeness (QED) is 0.0272. The first-order chi connectivity index (χ1) is 49.0. The van der Waals surface area contributed by atoms with Crippen LogP contribution in [-0.4, -0.2) is 105 Å². The lowest BCUT2D eigenvalue weighted by molar-refractivity contribution is -0.458. The molecule has 0 amide bonds. The van der Waals surface area contributed by atoms with Gasteiger partial charge in [0, 0.05) is 109 Å². The molecule has 11 aromatic rings. The molecule has 0 atom stereocenters. The van der Waals surface area contributed by atoms with Gasteiger partial charge in [0.25, 0.3) is 22.5 Å². The fourth-order valence-corrected chi connectivity index (χ4v) is 9.04. The van der Waals surface area contributed by atoms with Gasteiger partial charge < -0.3 is 32.9 Å². The first kappa shape index (κ1) is 88.1. The van der Waals surface area contributed by atoms with E-state index in [9.17, 15) is 53.9 Å². The number of carbonyl (C=O) groups is 1. The van der Waals surface area contributed by atoms with E-state index in [1.165, 1.54) is 48.8 Å². The maximum atomic E-state index is 13.6. The Hall–Kier alpha value is -13.1. The summed E-state index contributed by atoms with van der Waals surface area (Å²) in [5.41, 5.74) is 16.3. The molecule has 556 valence electrons. The molecule has 0 unspecified atom stereocenters. The van der Waals surface area contributed by atoms with Crippen molar-refractivity contribution in [1.29, 1.82) is 10.5 Å². The summed E-state index contributed by atoms with van der Waals surface area (Å²) in [5.74, 6) is -12.7. The Morgan fingerprint density at radius 2 is 0.860 bits per heavy atom.